The number of carbonyl (C=O) groups is 2. The van der Waals surface area contributed by atoms with Crippen LogP contribution in [0.3, 0.4) is 0 Å². The van der Waals surface area contributed by atoms with Gasteiger partial charge in [-0.05, 0) is 57.8 Å². The minimum atomic E-state index is -0.849. The van der Waals surface area contributed by atoms with Gasteiger partial charge in [0, 0.05) is 12.8 Å². The SMILES string of the molecule is CCCCCCCC/C=C\CCCCCCCCCC(=O)OCCCCCCCCCCCCCCCCCCCC(=O)NC(CO)C(O)/C=C/CCCCCCCCCCCCCCCCCCC. The summed E-state index contributed by atoms with van der Waals surface area (Å²) in [6.45, 7) is 4.91. The van der Waals surface area contributed by atoms with Gasteiger partial charge >= 0.3 is 5.97 Å². The summed E-state index contributed by atoms with van der Waals surface area (Å²) in [7, 11) is 0. The number of hydrogen-bond acceptors (Lipinski definition) is 5. The normalized spacial score (nSPS) is 12.7. The van der Waals surface area contributed by atoms with Crippen LogP contribution in [0.4, 0.5) is 0 Å². The second-order valence-electron chi connectivity index (χ2n) is 21.7. The van der Waals surface area contributed by atoms with Crippen molar-refractivity contribution in [2.45, 2.75) is 360 Å². The first-order valence-corrected chi connectivity index (χ1v) is 31.6. The maximum absolute atomic E-state index is 12.5. The molecule has 414 valence electrons. The molecule has 0 fully saturated rings. The first-order valence-electron chi connectivity index (χ1n) is 31.6. The molecule has 0 saturated carbocycles. The third-order valence-corrected chi connectivity index (χ3v) is 14.7. The van der Waals surface area contributed by atoms with Gasteiger partial charge in [-0.2, -0.15) is 0 Å². The second-order valence-corrected chi connectivity index (χ2v) is 21.7. The molecule has 0 aromatic rings. The minimum Gasteiger partial charge on any atom is -0.466 e. The molecule has 2 atom stereocenters. The number of carbonyl (C=O) groups excluding carboxylic acids is 2. The number of aliphatic hydroxyl groups excluding tert-OH is 2. The zero-order valence-corrected chi connectivity index (χ0v) is 47.3. The number of allylic oxidation sites excluding steroid dienone is 3. The monoisotopic (exact) mass is 986 g/mol. The quantitative estimate of drug-likeness (QED) is 0.0321. The molecule has 2 unspecified atom stereocenters. The molecule has 6 heteroatoms. The van der Waals surface area contributed by atoms with Crippen LogP contribution in [-0.4, -0.2) is 47.4 Å². The van der Waals surface area contributed by atoms with Gasteiger partial charge in [-0.1, -0.05) is 301 Å². The van der Waals surface area contributed by atoms with E-state index in [0.29, 0.717) is 19.4 Å². The highest BCUT2D eigenvalue weighted by atomic mass is 16.5. The molecule has 0 aromatic heterocycles. The number of unbranched alkanes of at least 4 members (excludes halogenated alkanes) is 46. The van der Waals surface area contributed by atoms with Gasteiger partial charge in [0.15, 0.2) is 0 Å². The lowest BCUT2D eigenvalue weighted by Crippen LogP contribution is -2.45. The lowest BCUT2D eigenvalue weighted by Gasteiger charge is -2.20. The Bertz CT molecular complexity index is 1090. The molecule has 0 aliphatic carbocycles. The zero-order valence-electron chi connectivity index (χ0n) is 47.3. The molecule has 1 amide bonds. The molecule has 0 spiro atoms. The average Bonchev–Trinajstić information content (AvgIpc) is 3.36. The van der Waals surface area contributed by atoms with Crippen molar-refractivity contribution < 1.29 is 24.5 Å². The molecular formula is C64H123NO5. The van der Waals surface area contributed by atoms with Gasteiger partial charge in [0.1, 0.15) is 0 Å². The molecule has 3 N–H and O–H groups in total. The standard InChI is InChI=1S/C64H123NO5/c1-3-5-7-9-11-13-15-17-19-21-22-25-28-32-36-40-44-48-52-56-62(67)61(60-66)65-63(68)57-53-49-45-41-37-33-29-26-23-27-31-35-39-43-47-51-55-59-70-64(69)58-54-50-46-42-38-34-30-24-20-18-16-14-12-10-8-6-4-2/h18,20,52,56,61-62,66-67H,3-17,19,21-51,53-55,57-60H2,1-2H3,(H,65,68)/b20-18-,56-52+. The van der Waals surface area contributed by atoms with Gasteiger partial charge in [0.05, 0.1) is 25.4 Å². The fourth-order valence-corrected chi connectivity index (χ4v) is 9.87. The summed E-state index contributed by atoms with van der Waals surface area (Å²) in [6.07, 6.45) is 73.5. The summed E-state index contributed by atoms with van der Waals surface area (Å²) in [5, 5.41) is 23.2. The molecule has 0 radical (unpaired) electrons. The average molecular weight is 987 g/mol. The summed E-state index contributed by atoms with van der Waals surface area (Å²) < 4.78 is 5.49. The fraction of sp³-hybridized carbons (Fsp3) is 0.906. The number of rotatable bonds is 59. The highest BCUT2D eigenvalue weighted by Crippen LogP contribution is 2.18. The maximum atomic E-state index is 12.5. The third kappa shape index (κ3) is 55.7. The van der Waals surface area contributed by atoms with E-state index in [9.17, 15) is 19.8 Å². The smallest absolute Gasteiger partial charge is 0.305 e. The Morgan fingerprint density at radius 1 is 0.386 bits per heavy atom. The molecule has 0 rings (SSSR count). The second kappa shape index (κ2) is 59.9. The van der Waals surface area contributed by atoms with Crippen molar-refractivity contribution in [3.05, 3.63) is 24.3 Å². The van der Waals surface area contributed by atoms with Gasteiger partial charge in [-0.25, -0.2) is 0 Å². The van der Waals surface area contributed by atoms with Crippen molar-refractivity contribution in [3.63, 3.8) is 0 Å². The maximum Gasteiger partial charge on any atom is 0.305 e. The number of amides is 1. The molecule has 0 bridgehead atoms. The Hall–Kier alpha value is -1.66. The van der Waals surface area contributed by atoms with Crippen molar-refractivity contribution in [2.24, 2.45) is 0 Å². The first-order chi connectivity index (χ1) is 34.5. The van der Waals surface area contributed by atoms with E-state index in [1.54, 1.807) is 6.08 Å². The zero-order chi connectivity index (χ0) is 50.7. The van der Waals surface area contributed by atoms with Crippen molar-refractivity contribution >= 4 is 11.9 Å². The highest BCUT2D eigenvalue weighted by molar-refractivity contribution is 5.76. The van der Waals surface area contributed by atoms with Crippen LogP contribution in [0.25, 0.3) is 0 Å². The van der Waals surface area contributed by atoms with Crippen LogP contribution in [0, 0.1) is 0 Å². The molecule has 0 aromatic carbocycles. The molecule has 0 aliphatic rings. The fourth-order valence-electron chi connectivity index (χ4n) is 9.87. The van der Waals surface area contributed by atoms with Crippen LogP contribution in [0.1, 0.15) is 348 Å². The number of aliphatic hydroxyl groups is 2. The summed E-state index contributed by atoms with van der Waals surface area (Å²) in [5.41, 5.74) is 0. The van der Waals surface area contributed by atoms with Crippen LogP contribution < -0.4 is 5.32 Å². The third-order valence-electron chi connectivity index (χ3n) is 14.7. The van der Waals surface area contributed by atoms with Crippen molar-refractivity contribution in [3.8, 4) is 0 Å². The number of nitrogens with one attached hydrogen (secondary N) is 1. The van der Waals surface area contributed by atoms with Crippen molar-refractivity contribution in [1.29, 1.82) is 0 Å². The van der Waals surface area contributed by atoms with Gasteiger partial charge < -0.3 is 20.3 Å². The Kier molecular flexibility index (Phi) is 58.5. The van der Waals surface area contributed by atoms with Crippen LogP contribution in [-0.2, 0) is 14.3 Å². The largest absolute Gasteiger partial charge is 0.466 e. The van der Waals surface area contributed by atoms with E-state index in [4.69, 9.17) is 4.74 Å². The van der Waals surface area contributed by atoms with E-state index in [0.717, 1.165) is 44.9 Å². The number of ether oxygens (including phenoxy) is 1. The molecule has 0 saturated heterocycles. The van der Waals surface area contributed by atoms with E-state index in [1.807, 2.05) is 6.08 Å². The predicted octanol–water partition coefficient (Wildman–Crippen LogP) is 19.8. The summed E-state index contributed by atoms with van der Waals surface area (Å²) >= 11 is 0. The van der Waals surface area contributed by atoms with E-state index >= 15 is 0 Å². The Balaban J connectivity index is 3.43. The molecule has 70 heavy (non-hydrogen) atoms. The summed E-state index contributed by atoms with van der Waals surface area (Å²) in [6, 6.07) is -0.632. The molecule has 6 nitrogen and oxygen atoms in total. The van der Waals surface area contributed by atoms with E-state index in [-0.39, 0.29) is 18.5 Å². The van der Waals surface area contributed by atoms with E-state index in [2.05, 4.69) is 31.3 Å². The van der Waals surface area contributed by atoms with Crippen LogP contribution in [0.5, 0.6) is 0 Å². The first kappa shape index (κ1) is 68.3. The Labute approximate surface area is 437 Å². The van der Waals surface area contributed by atoms with Gasteiger partial charge in [-0.3, -0.25) is 9.59 Å². The van der Waals surface area contributed by atoms with Gasteiger partial charge in [-0.15, -0.1) is 0 Å². The van der Waals surface area contributed by atoms with Crippen molar-refractivity contribution in [2.75, 3.05) is 13.2 Å². The molecule has 0 aliphatic heterocycles. The van der Waals surface area contributed by atoms with Crippen LogP contribution >= 0.6 is 0 Å². The Morgan fingerprint density at radius 2 is 0.671 bits per heavy atom. The number of esters is 1. The minimum absolute atomic E-state index is 0.00177. The summed E-state index contributed by atoms with van der Waals surface area (Å²) in [4.78, 5) is 24.6. The highest BCUT2D eigenvalue weighted by Gasteiger charge is 2.18. The molecule has 0 heterocycles. The summed E-state index contributed by atoms with van der Waals surface area (Å²) in [5.74, 6) is -0.0687. The Morgan fingerprint density at radius 3 is 1.01 bits per heavy atom. The lowest BCUT2D eigenvalue weighted by molar-refractivity contribution is -0.143. The van der Waals surface area contributed by atoms with Crippen molar-refractivity contribution in [1.82, 2.24) is 5.32 Å². The number of hydrogen-bond donors (Lipinski definition) is 3. The van der Waals surface area contributed by atoms with Crippen LogP contribution in [0.2, 0.25) is 0 Å². The van der Waals surface area contributed by atoms with Gasteiger partial charge in [0.25, 0.3) is 0 Å². The predicted molar refractivity (Wildman–Crippen MR) is 306 cm³/mol. The van der Waals surface area contributed by atoms with E-state index in [1.165, 1.54) is 276 Å². The molecular weight excluding hydrogens is 863 g/mol. The van der Waals surface area contributed by atoms with Gasteiger partial charge in [0.2, 0.25) is 5.91 Å². The van der Waals surface area contributed by atoms with Crippen LogP contribution in [0.15, 0.2) is 24.3 Å². The lowest BCUT2D eigenvalue weighted by atomic mass is 10.0. The topological polar surface area (TPSA) is 95.9 Å². The van der Waals surface area contributed by atoms with E-state index < -0.39 is 12.1 Å².